The second-order valence-electron chi connectivity index (χ2n) is 8.45. The number of hydrogen-bond acceptors (Lipinski definition) is 7. The maximum atomic E-state index is 13.1. The molecule has 2 aliphatic rings. The van der Waals surface area contributed by atoms with Gasteiger partial charge in [-0.25, -0.2) is 0 Å². The molecule has 2 aromatic rings. The van der Waals surface area contributed by atoms with Crippen molar-refractivity contribution in [3.63, 3.8) is 0 Å². The number of rotatable bonds is 5. The summed E-state index contributed by atoms with van der Waals surface area (Å²) in [6, 6.07) is 4.32. The highest BCUT2D eigenvalue weighted by Crippen LogP contribution is 2.32. The number of H-pyrrole nitrogens is 1. The Morgan fingerprint density at radius 1 is 1.33 bits per heavy atom. The second-order valence-corrected chi connectivity index (χ2v) is 8.45. The van der Waals surface area contributed by atoms with Crippen molar-refractivity contribution in [2.75, 3.05) is 22.1 Å². The second kappa shape index (κ2) is 9.00. The number of aromatic amines is 1. The number of amides is 2. The molecule has 0 bridgehead atoms. The summed E-state index contributed by atoms with van der Waals surface area (Å²) in [4.78, 5) is 58.3. The predicted octanol–water partition coefficient (Wildman–Crippen LogP) is 2.82. The van der Waals surface area contributed by atoms with E-state index in [1.807, 2.05) is 0 Å². The number of fused-ring (bicyclic) bond motifs is 1. The fraction of sp³-hybridized carbons (Fsp3) is 0.455. The van der Waals surface area contributed by atoms with Crippen molar-refractivity contribution >= 4 is 35.0 Å². The van der Waals surface area contributed by atoms with Crippen LogP contribution in [0, 0.1) is 17.0 Å². The molecule has 1 saturated heterocycles. The number of aromatic nitrogens is 2. The number of nitro groups is 1. The van der Waals surface area contributed by atoms with Crippen LogP contribution in [0.5, 0.6) is 0 Å². The highest BCUT2D eigenvalue weighted by molar-refractivity contribution is 6.04. The van der Waals surface area contributed by atoms with E-state index < -0.39 is 28.2 Å². The summed E-state index contributed by atoms with van der Waals surface area (Å²) in [5.41, 5.74) is 0.426. The Labute approximate surface area is 189 Å². The molecule has 1 aromatic carbocycles. The van der Waals surface area contributed by atoms with E-state index >= 15 is 0 Å². The fourth-order valence-electron chi connectivity index (χ4n) is 4.54. The summed E-state index contributed by atoms with van der Waals surface area (Å²) in [6.07, 6.45) is 3.82. The Morgan fingerprint density at radius 3 is 2.82 bits per heavy atom. The lowest BCUT2D eigenvalue weighted by atomic mass is 9.92. The molecule has 2 atom stereocenters. The summed E-state index contributed by atoms with van der Waals surface area (Å²) in [5.74, 6) is -1.48. The van der Waals surface area contributed by atoms with E-state index in [0.717, 1.165) is 32.2 Å². The molecule has 0 unspecified atom stereocenters. The number of nitrogens with zero attached hydrogens (tertiary/aromatic N) is 3. The van der Waals surface area contributed by atoms with Crippen LogP contribution in [0.15, 0.2) is 23.0 Å². The third-order valence-electron chi connectivity index (χ3n) is 6.30. The minimum atomic E-state index is -1.03. The average Bonchev–Trinajstić information content (AvgIpc) is 2.79. The van der Waals surface area contributed by atoms with Gasteiger partial charge in [-0.3, -0.25) is 29.5 Å². The minimum absolute atomic E-state index is 0.0934. The number of benzene rings is 1. The van der Waals surface area contributed by atoms with Crippen LogP contribution >= 0.6 is 0 Å². The van der Waals surface area contributed by atoms with E-state index in [-0.39, 0.29) is 29.5 Å². The van der Waals surface area contributed by atoms with Gasteiger partial charge in [0.05, 0.1) is 16.4 Å². The maximum Gasteiger partial charge on any atom is 0.269 e. The summed E-state index contributed by atoms with van der Waals surface area (Å²) in [6.45, 7) is 4.48. The minimum Gasteiger partial charge on any atom is -0.339 e. The van der Waals surface area contributed by atoms with Crippen LogP contribution < -0.4 is 21.1 Å². The number of hydrogen-bond donors (Lipinski definition) is 3. The molecule has 11 heteroatoms. The van der Waals surface area contributed by atoms with Crippen molar-refractivity contribution in [2.24, 2.45) is 0 Å². The smallest absolute Gasteiger partial charge is 0.269 e. The van der Waals surface area contributed by atoms with Gasteiger partial charge in [-0.05, 0) is 44.2 Å². The van der Waals surface area contributed by atoms with Crippen LogP contribution in [0.3, 0.4) is 0 Å². The molecule has 174 valence electrons. The molecular formula is C22H26N6O5. The lowest BCUT2D eigenvalue weighted by molar-refractivity contribution is -0.384. The molecule has 3 N–H and O–H groups in total. The lowest BCUT2D eigenvalue weighted by Gasteiger charge is -2.36. The van der Waals surface area contributed by atoms with Crippen molar-refractivity contribution < 1.29 is 14.5 Å². The largest absolute Gasteiger partial charge is 0.339 e. The quantitative estimate of drug-likeness (QED) is 0.464. The number of anilines is 3. The van der Waals surface area contributed by atoms with Crippen molar-refractivity contribution in [2.45, 2.75) is 57.9 Å². The van der Waals surface area contributed by atoms with E-state index in [9.17, 15) is 24.5 Å². The first-order valence-electron chi connectivity index (χ1n) is 11.0. The van der Waals surface area contributed by atoms with Crippen molar-refractivity contribution in [3.8, 4) is 0 Å². The van der Waals surface area contributed by atoms with Crippen molar-refractivity contribution in [1.29, 1.82) is 0 Å². The molecule has 0 radical (unpaired) electrons. The van der Waals surface area contributed by atoms with Gasteiger partial charge in [-0.2, -0.15) is 4.98 Å². The molecule has 0 spiro atoms. The van der Waals surface area contributed by atoms with Gasteiger partial charge in [0.1, 0.15) is 5.82 Å². The zero-order valence-corrected chi connectivity index (χ0v) is 18.5. The zero-order valence-electron chi connectivity index (χ0n) is 18.5. The number of aryl methyl sites for hydroxylation is 1. The zero-order chi connectivity index (χ0) is 23.7. The molecule has 0 saturated carbocycles. The molecule has 2 aliphatic heterocycles. The monoisotopic (exact) mass is 454 g/mol. The Bertz CT molecular complexity index is 1180. The first-order chi connectivity index (χ1) is 15.8. The third kappa shape index (κ3) is 4.43. The Morgan fingerprint density at radius 2 is 2.12 bits per heavy atom. The molecule has 11 nitrogen and oxygen atoms in total. The van der Waals surface area contributed by atoms with E-state index in [1.165, 1.54) is 18.2 Å². The van der Waals surface area contributed by atoms with Crippen LogP contribution in [0.25, 0.3) is 0 Å². The van der Waals surface area contributed by atoms with Gasteiger partial charge in [0.2, 0.25) is 17.8 Å². The van der Waals surface area contributed by atoms with Crippen molar-refractivity contribution in [1.82, 2.24) is 9.97 Å². The summed E-state index contributed by atoms with van der Waals surface area (Å²) < 4.78 is 0. The number of piperidine rings is 1. The molecule has 2 amide bonds. The molecular weight excluding hydrogens is 428 g/mol. The third-order valence-corrected chi connectivity index (χ3v) is 6.30. The molecule has 33 heavy (non-hydrogen) atoms. The summed E-state index contributed by atoms with van der Waals surface area (Å²) >= 11 is 0. The summed E-state index contributed by atoms with van der Waals surface area (Å²) in [5, 5.41) is 16.3. The van der Waals surface area contributed by atoms with Gasteiger partial charge in [0.15, 0.2) is 0 Å². The van der Waals surface area contributed by atoms with Crippen LogP contribution in [0.1, 0.15) is 56.1 Å². The van der Waals surface area contributed by atoms with E-state index in [4.69, 9.17) is 0 Å². The van der Waals surface area contributed by atoms with Gasteiger partial charge < -0.3 is 15.5 Å². The van der Waals surface area contributed by atoms with E-state index in [1.54, 1.807) is 6.92 Å². The summed E-state index contributed by atoms with van der Waals surface area (Å²) in [7, 11) is 0. The molecule has 4 rings (SSSR count). The van der Waals surface area contributed by atoms with Gasteiger partial charge in [-0.15, -0.1) is 0 Å². The predicted molar refractivity (Wildman–Crippen MR) is 123 cm³/mol. The molecule has 3 heterocycles. The topological polar surface area (TPSA) is 150 Å². The lowest BCUT2D eigenvalue weighted by Crippen LogP contribution is -2.43. The van der Waals surface area contributed by atoms with Gasteiger partial charge in [0, 0.05) is 36.8 Å². The average molecular weight is 454 g/mol. The van der Waals surface area contributed by atoms with Crippen LogP contribution in [-0.4, -0.2) is 39.3 Å². The van der Waals surface area contributed by atoms with Crippen molar-refractivity contribution in [3.05, 3.63) is 49.8 Å². The molecule has 1 fully saturated rings. The first-order valence-corrected chi connectivity index (χ1v) is 11.0. The fourth-order valence-corrected chi connectivity index (χ4v) is 4.54. The number of nitro benzene ring substituents is 1. The van der Waals surface area contributed by atoms with Gasteiger partial charge >= 0.3 is 0 Å². The van der Waals surface area contributed by atoms with Crippen LogP contribution in [-0.2, 0) is 9.59 Å². The number of non-ortho nitro benzene ring substituents is 1. The standard InChI is InChI=1S/C22H26N6O5/c1-3-13-6-4-5-9-27(13)22-25-19-18(21(31)26-22)15(11-17(29)24-19)20(30)23-16-8-7-14(28(32)33)10-12(16)2/h7-8,10,13,15H,3-6,9,11H2,1-2H3,(H,23,30)(H2,24,25,26,29,31)/t13-,15+/m1/s1. The van der Waals surface area contributed by atoms with E-state index in [2.05, 4.69) is 32.4 Å². The van der Waals surface area contributed by atoms with E-state index in [0.29, 0.717) is 17.2 Å². The molecule has 0 aliphatic carbocycles. The molecule has 1 aromatic heterocycles. The Hall–Kier alpha value is -3.76. The Balaban J connectivity index is 1.64. The van der Waals surface area contributed by atoms with Crippen LogP contribution in [0.2, 0.25) is 0 Å². The highest BCUT2D eigenvalue weighted by Gasteiger charge is 2.36. The first kappa shape index (κ1) is 22.4. The van der Waals surface area contributed by atoms with Gasteiger partial charge in [0.25, 0.3) is 11.2 Å². The number of carbonyl (C=O) groups excluding carboxylic acids is 2. The number of nitrogens with one attached hydrogen (secondary N) is 3. The normalized spacial score (nSPS) is 20.1. The van der Waals surface area contributed by atoms with Gasteiger partial charge in [-0.1, -0.05) is 6.92 Å². The Kier molecular flexibility index (Phi) is 6.12. The maximum absolute atomic E-state index is 13.1. The highest BCUT2D eigenvalue weighted by atomic mass is 16.6. The number of carbonyl (C=O) groups is 2. The SMILES string of the molecule is CC[C@@H]1CCCCN1c1nc2c(c(=O)[nH]1)[C@@H](C(=O)Nc1ccc([N+](=O)[O-])cc1C)CC(=O)N2. The van der Waals surface area contributed by atoms with Crippen LogP contribution in [0.4, 0.5) is 23.1 Å².